The Bertz CT molecular complexity index is 733. The summed E-state index contributed by atoms with van der Waals surface area (Å²) in [7, 11) is 0. The summed E-state index contributed by atoms with van der Waals surface area (Å²) in [6, 6.07) is 9.10. The predicted octanol–water partition coefficient (Wildman–Crippen LogP) is 7.35. The number of carbonyl (C=O) groups excluding carboxylic acids is 2. The minimum atomic E-state index is -0.613. The van der Waals surface area contributed by atoms with Gasteiger partial charge in [0.05, 0.1) is 18.6 Å². The zero-order valence-corrected chi connectivity index (χ0v) is 21.3. The van der Waals surface area contributed by atoms with Gasteiger partial charge in [0, 0.05) is 0 Å². The van der Waals surface area contributed by atoms with Crippen LogP contribution in [0.1, 0.15) is 109 Å². The Labute approximate surface area is 206 Å². The van der Waals surface area contributed by atoms with Gasteiger partial charge in [0.15, 0.2) is 0 Å². The average Bonchev–Trinajstić information content (AvgIpc) is 3.15. The van der Waals surface area contributed by atoms with Crippen LogP contribution in [0.4, 0.5) is 4.79 Å². The van der Waals surface area contributed by atoms with Gasteiger partial charge in [0.1, 0.15) is 6.10 Å². The first-order valence-corrected chi connectivity index (χ1v) is 13.4. The van der Waals surface area contributed by atoms with Gasteiger partial charge in [-0.05, 0) is 44.6 Å². The van der Waals surface area contributed by atoms with E-state index in [1.54, 1.807) is 0 Å². The first-order chi connectivity index (χ1) is 16.6. The zero-order valence-electron chi connectivity index (χ0n) is 21.3. The van der Waals surface area contributed by atoms with Crippen LogP contribution in [0.25, 0.3) is 0 Å². The summed E-state index contributed by atoms with van der Waals surface area (Å²) in [6.45, 7) is 3.84. The monoisotopic (exact) mass is 471 g/mol. The number of nitrogens with zero attached hydrogens (tertiary/aromatic N) is 1. The van der Waals surface area contributed by atoms with Gasteiger partial charge in [0.25, 0.3) is 0 Å². The minimum absolute atomic E-state index is 0.244. The molecule has 190 valence electrons. The maximum Gasteiger partial charge on any atom is 0.417 e. The molecule has 1 aliphatic rings. The van der Waals surface area contributed by atoms with Gasteiger partial charge in [0.2, 0.25) is 5.91 Å². The number of carbonyl (C=O) groups is 2. The second-order valence-electron chi connectivity index (χ2n) is 9.56. The van der Waals surface area contributed by atoms with Crippen molar-refractivity contribution < 1.29 is 19.4 Å². The van der Waals surface area contributed by atoms with Crippen molar-refractivity contribution in [1.82, 2.24) is 4.90 Å². The molecule has 1 saturated heterocycles. The van der Waals surface area contributed by atoms with E-state index in [0.717, 1.165) is 37.7 Å². The summed E-state index contributed by atoms with van der Waals surface area (Å²) < 4.78 is 5.49. The number of imide groups is 1. The Balaban J connectivity index is 1.62. The van der Waals surface area contributed by atoms with Crippen LogP contribution in [0.2, 0.25) is 0 Å². The number of hydrogen-bond donors (Lipinski definition) is 1. The average molecular weight is 472 g/mol. The highest BCUT2D eigenvalue weighted by Gasteiger charge is 2.44. The number of ether oxygens (including phenoxy) is 1. The molecule has 3 atom stereocenters. The topological polar surface area (TPSA) is 66.8 Å². The van der Waals surface area contributed by atoms with Crippen LogP contribution in [0.15, 0.2) is 42.5 Å². The smallest absolute Gasteiger partial charge is 0.417 e. The highest BCUT2D eigenvalue weighted by atomic mass is 16.6. The molecule has 1 fully saturated rings. The van der Waals surface area contributed by atoms with Gasteiger partial charge in [-0.3, -0.25) is 4.79 Å². The zero-order chi connectivity index (χ0) is 24.6. The van der Waals surface area contributed by atoms with E-state index in [2.05, 4.69) is 19.1 Å². The molecule has 0 saturated carbocycles. The lowest BCUT2D eigenvalue weighted by molar-refractivity contribution is -0.134. The lowest BCUT2D eigenvalue weighted by Crippen LogP contribution is -2.42. The third kappa shape index (κ3) is 9.25. The van der Waals surface area contributed by atoms with Crippen molar-refractivity contribution in [3.8, 4) is 0 Å². The Kier molecular flexibility index (Phi) is 13.6. The summed E-state index contributed by atoms with van der Waals surface area (Å²) in [4.78, 5) is 26.6. The standard InChI is InChI=1S/C29H45NO4/c1-3-4-5-6-7-8-9-10-11-12-13-14-15-17-22-26(23-31)28(32)30-24(2)27(34-29(30)33)25-20-18-16-19-21-25/h10-11,16,18-21,24,26-27,31H,3-9,12-15,17,22-23H2,1-2H3/b11-10-/t24-,26+,27-/m1/s1. The second kappa shape index (κ2) is 16.5. The fourth-order valence-corrected chi connectivity index (χ4v) is 4.62. The number of cyclic esters (lactones) is 1. The fourth-order valence-electron chi connectivity index (χ4n) is 4.62. The Morgan fingerprint density at radius 1 is 0.971 bits per heavy atom. The van der Waals surface area contributed by atoms with Crippen LogP contribution in [0, 0.1) is 5.92 Å². The van der Waals surface area contributed by atoms with E-state index in [1.807, 2.05) is 37.3 Å². The summed E-state index contributed by atoms with van der Waals surface area (Å²) in [5.74, 6) is -0.877. The number of amides is 2. The van der Waals surface area contributed by atoms with Gasteiger partial charge in [-0.25, -0.2) is 9.69 Å². The van der Waals surface area contributed by atoms with Gasteiger partial charge >= 0.3 is 6.09 Å². The quantitative estimate of drug-likeness (QED) is 0.190. The van der Waals surface area contributed by atoms with E-state index in [9.17, 15) is 14.7 Å². The van der Waals surface area contributed by atoms with Crippen LogP contribution in [-0.2, 0) is 9.53 Å². The molecular weight excluding hydrogens is 426 g/mol. The molecule has 2 amide bonds. The van der Waals surface area contributed by atoms with Crippen molar-refractivity contribution in [3.63, 3.8) is 0 Å². The maximum absolute atomic E-state index is 13.0. The van der Waals surface area contributed by atoms with Crippen LogP contribution < -0.4 is 0 Å². The maximum atomic E-state index is 13.0. The van der Waals surface area contributed by atoms with Gasteiger partial charge in [-0.15, -0.1) is 0 Å². The van der Waals surface area contributed by atoms with E-state index in [-0.39, 0.29) is 18.6 Å². The van der Waals surface area contributed by atoms with Crippen molar-refractivity contribution in [2.24, 2.45) is 5.92 Å². The number of allylic oxidation sites excluding steroid dienone is 2. The highest BCUT2D eigenvalue weighted by molar-refractivity contribution is 5.95. The molecule has 0 radical (unpaired) electrons. The lowest BCUT2D eigenvalue weighted by atomic mass is 9.98. The van der Waals surface area contributed by atoms with E-state index in [0.29, 0.717) is 6.42 Å². The first-order valence-electron chi connectivity index (χ1n) is 13.4. The SMILES string of the molecule is CCCCCCCC/C=C\CCCCCC[C@@H](CO)C(=O)N1C(=O)O[C@@H](c2ccccc2)[C@H]1C. The Morgan fingerprint density at radius 2 is 1.56 bits per heavy atom. The largest absolute Gasteiger partial charge is 0.439 e. The van der Waals surface area contributed by atoms with Gasteiger partial charge in [-0.2, -0.15) is 0 Å². The molecule has 34 heavy (non-hydrogen) atoms. The fraction of sp³-hybridized carbons (Fsp3) is 0.655. The number of unbranched alkanes of at least 4 members (excludes halogenated alkanes) is 10. The molecular formula is C29H45NO4. The lowest BCUT2D eigenvalue weighted by Gasteiger charge is -2.23. The number of rotatable bonds is 17. The molecule has 0 unspecified atom stereocenters. The summed E-state index contributed by atoms with van der Waals surface area (Å²) >= 11 is 0. The van der Waals surface area contributed by atoms with Crippen molar-refractivity contribution in [2.45, 2.75) is 109 Å². The van der Waals surface area contributed by atoms with Crippen LogP contribution >= 0.6 is 0 Å². The number of benzene rings is 1. The number of hydrogen-bond acceptors (Lipinski definition) is 4. The van der Waals surface area contributed by atoms with E-state index in [1.165, 1.54) is 49.8 Å². The molecule has 5 heteroatoms. The number of aliphatic hydroxyl groups is 1. The normalized spacial score (nSPS) is 19.0. The molecule has 1 aromatic carbocycles. The van der Waals surface area contributed by atoms with Gasteiger partial charge < -0.3 is 9.84 Å². The van der Waals surface area contributed by atoms with Crippen molar-refractivity contribution in [2.75, 3.05) is 6.61 Å². The van der Waals surface area contributed by atoms with Crippen LogP contribution in [0.5, 0.6) is 0 Å². The summed E-state index contributed by atoms with van der Waals surface area (Å²) in [5, 5.41) is 9.81. The molecule has 0 spiro atoms. The van der Waals surface area contributed by atoms with Crippen LogP contribution in [-0.4, -0.2) is 34.7 Å². The van der Waals surface area contributed by atoms with Gasteiger partial charge in [-0.1, -0.05) is 101 Å². The molecule has 1 aliphatic heterocycles. The first kappa shape index (κ1) is 28.1. The summed E-state index contributed by atoms with van der Waals surface area (Å²) in [5.41, 5.74) is 0.875. The predicted molar refractivity (Wildman–Crippen MR) is 137 cm³/mol. The molecule has 2 rings (SSSR count). The van der Waals surface area contributed by atoms with Crippen molar-refractivity contribution in [3.05, 3.63) is 48.0 Å². The molecule has 1 N–H and O–H groups in total. The van der Waals surface area contributed by atoms with Crippen molar-refractivity contribution in [1.29, 1.82) is 0 Å². The van der Waals surface area contributed by atoms with E-state index in [4.69, 9.17) is 4.74 Å². The molecule has 5 nitrogen and oxygen atoms in total. The molecule has 0 bridgehead atoms. The highest BCUT2D eigenvalue weighted by Crippen LogP contribution is 2.33. The third-order valence-electron chi connectivity index (χ3n) is 6.77. The number of aliphatic hydroxyl groups excluding tert-OH is 1. The summed E-state index contributed by atoms with van der Waals surface area (Å²) in [6.07, 6.45) is 18.6. The van der Waals surface area contributed by atoms with Crippen LogP contribution in [0.3, 0.4) is 0 Å². The molecule has 1 heterocycles. The Hall–Kier alpha value is -2.14. The Morgan fingerprint density at radius 3 is 2.18 bits per heavy atom. The van der Waals surface area contributed by atoms with Crippen molar-refractivity contribution >= 4 is 12.0 Å². The minimum Gasteiger partial charge on any atom is -0.439 e. The molecule has 1 aromatic rings. The molecule has 0 aliphatic carbocycles. The van der Waals surface area contributed by atoms with E-state index < -0.39 is 18.1 Å². The third-order valence-corrected chi connectivity index (χ3v) is 6.77. The van der Waals surface area contributed by atoms with E-state index >= 15 is 0 Å². The molecule has 0 aromatic heterocycles. The second-order valence-corrected chi connectivity index (χ2v) is 9.56.